The minimum atomic E-state index is -1.77. The van der Waals surface area contributed by atoms with Crippen LogP contribution in [0.5, 0.6) is 0 Å². The molecule has 4 aromatic rings. The normalized spacial score (nSPS) is 12.6. The molecule has 4 rings (SSSR count). The van der Waals surface area contributed by atoms with Crippen LogP contribution in [-0.2, 0) is 29.0 Å². The maximum atomic E-state index is 13.3. The number of aromatic nitrogens is 1. The second-order valence-corrected chi connectivity index (χ2v) is 9.08. The summed E-state index contributed by atoms with van der Waals surface area (Å²) in [5, 5.41) is 26.5. The van der Waals surface area contributed by atoms with Gasteiger partial charge in [0.1, 0.15) is 5.92 Å². The Labute approximate surface area is 210 Å². The first-order valence-corrected chi connectivity index (χ1v) is 12.0. The van der Waals surface area contributed by atoms with Gasteiger partial charge < -0.3 is 25.7 Å². The van der Waals surface area contributed by atoms with Crippen molar-refractivity contribution in [1.82, 2.24) is 15.6 Å². The summed E-state index contributed by atoms with van der Waals surface area (Å²) in [4.78, 5) is 29.7. The number of aromatic amines is 1. The number of hydrogen-bond donors (Lipinski definition) is 5. The third-order valence-corrected chi connectivity index (χ3v) is 6.26. The van der Waals surface area contributed by atoms with Gasteiger partial charge in [0.2, 0.25) is 11.8 Å². The average molecular weight is 483 g/mol. The van der Waals surface area contributed by atoms with E-state index in [0.717, 1.165) is 33.2 Å². The molecule has 2 atom stereocenters. The monoisotopic (exact) mass is 483 g/mol. The summed E-state index contributed by atoms with van der Waals surface area (Å²) in [6.45, 7) is 2.24. The number of hydrogen-bond acceptors (Lipinski definition) is 4. The number of carbonyl (C=O) groups excluding carboxylic acids is 2. The Bertz CT molecular complexity index is 1310. The minimum Gasteiger partial charge on any atom is -0.426 e. The molecule has 0 aliphatic heterocycles. The number of nitrogens with one attached hydrogen (secondary N) is 3. The molecule has 0 saturated heterocycles. The van der Waals surface area contributed by atoms with Crippen molar-refractivity contribution in [3.63, 3.8) is 0 Å². The number of fused-ring (bicyclic) bond motifs is 1. The van der Waals surface area contributed by atoms with Crippen LogP contribution < -0.4 is 10.6 Å². The van der Waals surface area contributed by atoms with Crippen molar-refractivity contribution in [2.45, 2.75) is 32.3 Å². The number of benzene rings is 3. The molecule has 0 radical (unpaired) electrons. The predicted octanol–water partition coefficient (Wildman–Crippen LogP) is 2.69. The van der Waals surface area contributed by atoms with Gasteiger partial charge in [-0.05, 0) is 60.0 Å². The fourth-order valence-electron chi connectivity index (χ4n) is 4.17. The molecular formula is C28H30BN3O4. The lowest BCUT2D eigenvalue weighted by atomic mass is 9.75. The number of aryl methyl sites for hydroxylation is 1. The van der Waals surface area contributed by atoms with Gasteiger partial charge in [-0.25, -0.2) is 0 Å². The van der Waals surface area contributed by atoms with E-state index in [1.807, 2.05) is 92.0 Å². The fourth-order valence-corrected chi connectivity index (χ4v) is 4.17. The summed E-state index contributed by atoms with van der Waals surface area (Å²) in [6.07, 6.45) is 2.27. The Kier molecular flexibility index (Phi) is 8.20. The molecule has 0 bridgehead atoms. The maximum Gasteiger partial charge on any atom is 0.475 e. The van der Waals surface area contributed by atoms with E-state index in [2.05, 4.69) is 15.6 Å². The highest BCUT2D eigenvalue weighted by molar-refractivity contribution is 6.43. The standard InChI is InChI=1S/C28H30BN3O4/c1-19-7-9-21(10-8-19)17-26(29(35)36)32-28(34)24(16-20-5-3-2-4-6-20)27(33)31-18-22-11-12-25-23(15-22)13-14-30-25/h2-15,24,26,30,35-36H,16-18H2,1H3,(H,31,33)(H,32,34). The Morgan fingerprint density at radius 1 is 0.861 bits per heavy atom. The van der Waals surface area contributed by atoms with Crippen LogP contribution >= 0.6 is 0 Å². The van der Waals surface area contributed by atoms with Crippen LogP contribution in [0, 0.1) is 12.8 Å². The third-order valence-electron chi connectivity index (χ3n) is 6.26. The van der Waals surface area contributed by atoms with Crippen molar-refractivity contribution in [2.24, 2.45) is 5.92 Å². The second kappa shape index (κ2) is 11.7. The van der Waals surface area contributed by atoms with E-state index in [1.54, 1.807) is 0 Å². The first-order valence-electron chi connectivity index (χ1n) is 12.0. The first-order chi connectivity index (χ1) is 17.4. The van der Waals surface area contributed by atoms with E-state index < -0.39 is 30.8 Å². The van der Waals surface area contributed by atoms with Gasteiger partial charge >= 0.3 is 7.12 Å². The molecule has 7 nitrogen and oxygen atoms in total. The predicted molar refractivity (Wildman–Crippen MR) is 141 cm³/mol. The lowest BCUT2D eigenvalue weighted by molar-refractivity contribution is -0.135. The van der Waals surface area contributed by atoms with E-state index in [4.69, 9.17) is 0 Å². The fraction of sp³-hybridized carbons (Fsp3) is 0.214. The number of H-pyrrole nitrogens is 1. The molecule has 0 aliphatic carbocycles. The van der Waals surface area contributed by atoms with Crippen molar-refractivity contribution in [1.29, 1.82) is 0 Å². The zero-order chi connectivity index (χ0) is 25.5. The Hall–Kier alpha value is -3.88. The van der Waals surface area contributed by atoms with Crippen LogP contribution in [0.1, 0.15) is 22.3 Å². The van der Waals surface area contributed by atoms with Gasteiger partial charge in [0, 0.05) is 18.3 Å². The van der Waals surface area contributed by atoms with Crippen molar-refractivity contribution < 1.29 is 19.6 Å². The Morgan fingerprint density at radius 3 is 2.28 bits per heavy atom. The number of amides is 2. The Morgan fingerprint density at radius 2 is 1.56 bits per heavy atom. The largest absolute Gasteiger partial charge is 0.475 e. The maximum absolute atomic E-state index is 13.3. The lowest BCUT2D eigenvalue weighted by Gasteiger charge is -2.22. The summed E-state index contributed by atoms with van der Waals surface area (Å²) in [6, 6.07) is 24.7. The zero-order valence-electron chi connectivity index (χ0n) is 20.1. The van der Waals surface area contributed by atoms with E-state index in [1.165, 1.54) is 0 Å². The van der Waals surface area contributed by atoms with Gasteiger partial charge in [-0.15, -0.1) is 0 Å². The summed E-state index contributed by atoms with van der Waals surface area (Å²) in [5.74, 6) is -2.97. The molecule has 3 aromatic carbocycles. The van der Waals surface area contributed by atoms with Gasteiger partial charge in [-0.3, -0.25) is 9.59 Å². The smallest absolute Gasteiger partial charge is 0.426 e. The molecule has 8 heteroatoms. The SMILES string of the molecule is Cc1ccc(CC(NC(=O)C(Cc2ccccc2)C(=O)NCc2ccc3[nH]ccc3c2)B(O)O)cc1. The van der Waals surface area contributed by atoms with E-state index in [9.17, 15) is 19.6 Å². The van der Waals surface area contributed by atoms with Crippen molar-refractivity contribution in [2.75, 3.05) is 0 Å². The van der Waals surface area contributed by atoms with Crippen molar-refractivity contribution >= 4 is 29.8 Å². The molecule has 36 heavy (non-hydrogen) atoms. The lowest BCUT2D eigenvalue weighted by Crippen LogP contribution is -2.52. The quantitative estimate of drug-likeness (QED) is 0.176. The summed E-state index contributed by atoms with van der Waals surface area (Å²) in [7, 11) is -1.77. The number of rotatable bonds is 10. The van der Waals surface area contributed by atoms with Gasteiger partial charge in [0.15, 0.2) is 0 Å². The average Bonchev–Trinajstić information content (AvgIpc) is 3.35. The minimum absolute atomic E-state index is 0.189. The van der Waals surface area contributed by atoms with Crippen LogP contribution in [0.2, 0.25) is 0 Å². The molecule has 184 valence electrons. The highest BCUT2D eigenvalue weighted by Gasteiger charge is 2.32. The molecule has 5 N–H and O–H groups in total. The first kappa shape index (κ1) is 25.2. The summed E-state index contributed by atoms with van der Waals surface area (Å²) < 4.78 is 0. The molecule has 0 spiro atoms. The van der Waals surface area contributed by atoms with E-state index >= 15 is 0 Å². The second-order valence-electron chi connectivity index (χ2n) is 9.08. The van der Waals surface area contributed by atoms with E-state index in [0.29, 0.717) is 0 Å². The van der Waals surface area contributed by atoms with Gasteiger partial charge in [-0.2, -0.15) is 0 Å². The highest BCUT2D eigenvalue weighted by Crippen LogP contribution is 2.16. The highest BCUT2D eigenvalue weighted by atomic mass is 16.4. The molecule has 1 aromatic heterocycles. The van der Waals surface area contributed by atoms with Crippen LogP contribution in [0.4, 0.5) is 0 Å². The van der Waals surface area contributed by atoms with E-state index in [-0.39, 0.29) is 19.4 Å². The van der Waals surface area contributed by atoms with Crippen molar-refractivity contribution in [3.8, 4) is 0 Å². The molecule has 1 heterocycles. The third kappa shape index (κ3) is 6.62. The molecule has 2 unspecified atom stereocenters. The molecule has 0 fully saturated rings. The molecule has 2 amide bonds. The molecule has 0 saturated carbocycles. The van der Waals surface area contributed by atoms with Gasteiger partial charge in [-0.1, -0.05) is 66.2 Å². The summed E-state index contributed by atoms with van der Waals surface area (Å²) >= 11 is 0. The van der Waals surface area contributed by atoms with Crippen LogP contribution in [0.25, 0.3) is 10.9 Å². The van der Waals surface area contributed by atoms with Crippen LogP contribution in [-0.4, -0.2) is 39.9 Å². The topological polar surface area (TPSA) is 114 Å². The van der Waals surface area contributed by atoms with Gasteiger partial charge in [0.05, 0.1) is 5.94 Å². The van der Waals surface area contributed by atoms with Crippen LogP contribution in [0.3, 0.4) is 0 Å². The van der Waals surface area contributed by atoms with Crippen molar-refractivity contribution in [3.05, 3.63) is 107 Å². The van der Waals surface area contributed by atoms with Crippen LogP contribution in [0.15, 0.2) is 85.1 Å². The number of carbonyl (C=O) groups is 2. The Balaban J connectivity index is 1.48. The molecular weight excluding hydrogens is 453 g/mol. The van der Waals surface area contributed by atoms with Gasteiger partial charge in [0.25, 0.3) is 0 Å². The molecule has 0 aliphatic rings. The summed E-state index contributed by atoms with van der Waals surface area (Å²) in [5.41, 5.74) is 4.69. The zero-order valence-corrected chi connectivity index (χ0v) is 20.1.